The Morgan fingerprint density at radius 1 is 1.82 bits per heavy atom. The van der Waals surface area contributed by atoms with Gasteiger partial charge in [0.1, 0.15) is 0 Å². The molecule has 0 radical (unpaired) electrons. The van der Waals surface area contributed by atoms with E-state index < -0.39 is 11.5 Å². The van der Waals surface area contributed by atoms with Crippen LogP contribution in [0.1, 0.15) is 6.92 Å². The predicted molar refractivity (Wildman–Crippen MR) is 40.7 cm³/mol. The molecule has 11 heavy (non-hydrogen) atoms. The number of hydrogen-bond donors (Lipinski definition) is 1. The fraction of sp³-hybridized carbons (Fsp3) is 0.286. The van der Waals surface area contributed by atoms with Crippen LogP contribution < -0.4 is 5.32 Å². The standard InChI is InChI=1S/C7H7ClFNO/c1-4-2-5(6(8)11)3-10-7(4)9/h2-3,7,10H,1H3. The molecule has 1 aliphatic heterocycles. The van der Waals surface area contributed by atoms with Gasteiger partial charge in [-0.15, -0.1) is 0 Å². The highest BCUT2D eigenvalue weighted by Gasteiger charge is 2.14. The Morgan fingerprint density at radius 2 is 2.45 bits per heavy atom. The fourth-order valence-corrected chi connectivity index (χ4v) is 0.877. The number of hydrogen-bond acceptors (Lipinski definition) is 2. The molecule has 0 aromatic rings. The van der Waals surface area contributed by atoms with Crippen molar-refractivity contribution in [2.75, 3.05) is 0 Å². The Hall–Kier alpha value is -0.830. The number of carbonyl (C=O) groups is 1. The van der Waals surface area contributed by atoms with Gasteiger partial charge in [-0.25, -0.2) is 4.39 Å². The van der Waals surface area contributed by atoms with Crippen molar-refractivity contribution in [2.45, 2.75) is 13.2 Å². The van der Waals surface area contributed by atoms with E-state index >= 15 is 0 Å². The summed E-state index contributed by atoms with van der Waals surface area (Å²) < 4.78 is 12.6. The Kier molecular flexibility index (Phi) is 2.29. The minimum atomic E-state index is -1.20. The van der Waals surface area contributed by atoms with Crippen LogP contribution in [0, 0.1) is 0 Å². The van der Waals surface area contributed by atoms with Crippen molar-refractivity contribution in [3.63, 3.8) is 0 Å². The van der Waals surface area contributed by atoms with Gasteiger partial charge in [0.05, 0.1) is 0 Å². The summed E-state index contributed by atoms with van der Waals surface area (Å²) in [5.41, 5.74) is 0.745. The van der Waals surface area contributed by atoms with Crippen molar-refractivity contribution >= 4 is 16.8 Å². The van der Waals surface area contributed by atoms with Crippen LogP contribution in [0.4, 0.5) is 4.39 Å². The van der Waals surface area contributed by atoms with Crippen LogP contribution in [-0.4, -0.2) is 11.5 Å². The number of alkyl halides is 1. The van der Waals surface area contributed by atoms with Gasteiger partial charge in [0, 0.05) is 11.8 Å². The lowest BCUT2D eigenvalue weighted by Crippen LogP contribution is -2.24. The lowest BCUT2D eigenvalue weighted by Gasteiger charge is -2.14. The molecule has 0 spiro atoms. The molecule has 0 bridgehead atoms. The van der Waals surface area contributed by atoms with E-state index in [4.69, 9.17) is 11.6 Å². The zero-order chi connectivity index (χ0) is 8.43. The van der Waals surface area contributed by atoms with E-state index in [9.17, 15) is 9.18 Å². The largest absolute Gasteiger partial charge is 0.358 e. The molecule has 1 rings (SSSR count). The topological polar surface area (TPSA) is 29.1 Å². The van der Waals surface area contributed by atoms with Gasteiger partial charge in [0.25, 0.3) is 5.24 Å². The van der Waals surface area contributed by atoms with Crippen molar-refractivity contribution in [1.29, 1.82) is 0 Å². The Labute approximate surface area is 68.7 Å². The summed E-state index contributed by atoms with van der Waals surface area (Å²) in [7, 11) is 0. The van der Waals surface area contributed by atoms with Crippen molar-refractivity contribution in [1.82, 2.24) is 5.32 Å². The van der Waals surface area contributed by atoms with Crippen LogP contribution in [-0.2, 0) is 4.79 Å². The van der Waals surface area contributed by atoms with Gasteiger partial charge in [0.2, 0.25) is 0 Å². The zero-order valence-corrected chi connectivity index (χ0v) is 6.65. The molecule has 1 aliphatic rings. The third-order valence-corrected chi connectivity index (χ3v) is 1.61. The van der Waals surface area contributed by atoms with Gasteiger partial charge >= 0.3 is 0 Å². The maximum atomic E-state index is 12.6. The first-order valence-electron chi connectivity index (χ1n) is 3.09. The molecule has 0 amide bonds. The fourth-order valence-electron chi connectivity index (χ4n) is 0.768. The quantitative estimate of drug-likeness (QED) is 0.483. The molecule has 0 aromatic heterocycles. The molecule has 0 fully saturated rings. The van der Waals surface area contributed by atoms with Crippen molar-refractivity contribution < 1.29 is 9.18 Å². The van der Waals surface area contributed by atoms with Crippen LogP contribution >= 0.6 is 11.6 Å². The molecule has 0 aromatic carbocycles. The SMILES string of the molecule is CC1=CC(C(=O)Cl)=CNC1F. The van der Waals surface area contributed by atoms with E-state index in [1.165, 1.54) is 12.3 Å². The van der Waals surface area contributed by atoms with Crippen LogP contribution in [0.3, 0.4) is 0 Å². The third-order valence-electron chi connectivity index (χ3n) is 1.40. The first kappa shape index (κ1) is 8.27. The second-order valence-corrected chi connectivity index (χ2v) is 2.63. The minimum Gasteiger partial charge on any atom is -0.358 e. The summed E-state index contributed by atoms with van der Waals surface area (Å²) in [4.78, 5) is 10.5. The van der Waals surface area contributed by atoms with Crippen LogP contribution in [0.15, 0.2) is 23.4 Å². The lowest BCUT2D eigenvalue weighted by atomic mass is 10.1. The molecule has 1 N–H and O–H groups in total. The lowest BCUT2D eigenvalue weighted by molar-refractivity contribution is -0.108. The van der Waals surface area contributed by atoms with Crippen molar-refractivity contribution in [3.8, 4) is 0 Å². The van der Waals surface area contributed by atoms with Crippen LogP contribution in [0.25, 0.3) is 0 Å². The Morgan fingerprint density at radius 3 is 2.91 bits per heavy atom. The summed E-state index contributed by atoms with van der Waals surface area (Å²) in [6, 6.07) is 0. The molecular formula is C7H7ClFNO. The van der Waals surface area contributed by atoms with Gasteiger partial charge in [-0.2, -0.15) is 0 Å². The average Bonchev–Trinajstić information content (AvgIpc) is 1.94. The molecule has 0 saturated carbocycles. The highest BCUT2D eigenvalue weighted by Crippen LogP contribution is 2.14. The molecule has 60 valence electrons. The molecule has 0 saturated heterocycles. The number of halogens is 2. The molecular weight excluding hydrogens is 169 g/mol. The summed E-state index contributed by atoms with van der Waals surface area (Å²) in [5.74, 6) is 0. The molecule has 4 heteroatoms. The Balaban J connectivity index is 2.83. The van der Waals surface area contributed by atoms with Gasteiger partial charge in [-0.1, -0.05) is 0 Å². The van der Waals surface area contributed by atoms with E-state index in [1.54, 1.807) is 6.92 Å². The smallest absolute Gasteiger partial charge is 0.253 e. The molecule has 1 atom stereocenters. The summed E-state index contributed by atoms with van der Waals surface area (Å²) in [6.07, 6.45) is 1.50. The number of allylic oxidation sites excluding steroid dienone is 2. The van der Waals surface area contributed by atoms with E-state index in [2.05, 4.69) is 5.32 Å². The average molecular weight is 176 g/mol. The van der Waals surface area contributed by atoms with Crippen LogP contribution in [0.2, 0.25) is 0 Å². The van der Waals surface area contributed by atoms with E-state index in [0.29, 0.717) is 5.57 Å². The highest BCUT2D eigenvalue weighted by molar-refractivity contribution is 6.68. The van der Waals surface area contributed by atoms with Gasteiger partial charge < -0.3 is 5.32 Å². The normalized spacial score (nSPS) is 23.4. The maximum Gasteiger partial charge on any atom is 0.253 e. The molecule has 0 aliphatic carbocycles. The number of nitrogens with one attached hydrogen (secondary N) is 1. The van der Waals surface area contributed by atoms with Crippen LogP contribution in [0.5, 0.6) is 0 Å². The molecule has 2 nitrogen and oxygen atoms in total. The number of rotatable bonds is 1. The molecule has 1 unspecified atom stereocenters. The maximum absolute atomic E-state index is 12.6. The first-order chi connectivity index (χ1) is 5.11. The third kappa shape index (κ3) is 1.80. The monoisotopic (exact) mass is 175 g/mol. The predicted octanol–water partition coefficient (Wildman–Crippen LogP) is 1.48. The van der Waals surface area contributed by atoms with Gasteiger partial charge in [-0.05, 0) is 30.2 Å². The van der Waals surface area contributed by atoms with Crippen molar-refractivity contribution in [3.05, 3.63) is 23.4 Å². The summed E-state index contributed by atoms with van der Waals surface area (Å²) >= 11 is 5.16. The Bertz CT molecular complexity index is 247. The van der Waals surface area contributed by atoms with E-state index in [-0.39, 0.29) is 5.57 Å². The zero-order valence-electron chi connectivity index (χ0n) is 5.90. The first-order valence-corrected chi connectivity index (χ1v) is 3.47. The second-order valence-electron chi connectivity index (χ2n) is 2.29. The van der Waals surface area contributed by atoms with Gasteiger partial charge in [0.15, 0.2) is 6.30 Å². The summed E-state index contributed by atoms with van der Waals surface area (Å²) in [6.45, 7) is 1.59. The highest BCUT2D eigenvalue weighted by atomic mass is 35.5. The van der Waals surface area contributed by atoms with E-state index in [1.807, 2.05) is 0 Å². The summed E-state index contributed by atoms with van der Waals surface area (Å²) in [5, 5.41) is 1.78. The number of carbonyl (C=O) groups excluding carboxylic acids is 1. The number of dihydropyridines is 1. The van der Waals surface area contributed by atoms with E-state index in [0.717, 1.165) is 0 Å². The van der Waals surface area contributed by atoms with Gasteiger partial charge in [-0.3, -0.25) is 4.79 Å². The minimum absolute atomic E-state index is 0.290. The molecule has 1 heterocycles. The second kappa shape index (κ2) is 3.05. The van der Waals surface area contributed by atoms with Crippen molar-refractivity contribution in [2.24, 2.45) is 0 Å².